The molecule has 0 spiro atoms. The summed E-state index contributed by atoms with van der Waals surface area (Å²) in [7, 11) is 5.96. The van der Waals surface area contributed by atoms with Crippen molar-refractivity contribution >= 4 is 0 Å². The number of benzene rings is 1. The zero-order valence-electron chi connectivity index (χ0n) is 15.0. The third kappa shape index (κ3) is 5.09. The molecule has 1 fully saturated rings. The van der Waals surface area contributed by atoms with Gasteiger partial charge in [0.25, 0.3) is 0 Å². The lowest BCUT2D eigenvalue weighted by atomic mass is 10.0. The first-order valence-electron chi connectivity index (χ1n) is 8.56. The van der Waals surface area contributed by atoms with Crippen molar-refractivity contribution in [2.45, 2.75) is 19.4 Å². The highest BCUT2D eigenvalue weighted by Crippen LogP contribution is 2.32. The smallest absolute Gasteiger partial charge is 0.161 e. The summed E-state index contributed by atoms with van der Waals surface area (Å²) < 4.78 is 11.3. The molecule has 2 rings (SSSR count). The first-order valence-corrected chi connectivity index (χ1v) is 8.56. The zero-order chi connectivity index (χ0) is 16.7. The van der Waals surface area contributed by atoms with Gasteiger partial charge in [-0.15, -0.1) is 0 Å². The third-order valence-corrected chi connectivity index (χ3v) is 4.16. The van der Waals surface area contributed by atoms with Gasteiger partial charge in [0.1, 0.15) is 0 Å². The molecule has 1 aliphatic rings. The van der Waals surface area contributed by atoms with Crippen molar-refractivity contribution in [1.82, 2.24) is 15.1 Å². The van der Waals surface area contributed by atoms with E-state index in [-0.39, 0.29) is 0 Å². The Morgan fingerprint density at radius 1 is 1.22 bits per heavy atom. The van der Waals surface area contributed by atoms with Gasteiger partial charge in [0.15, 0.2) is 11.5 Å². The second-order valence-corrected chi connectivity index (χ2v) is 6.32. The molecule has 5 heteroatoms. The minimum absolute atomic E-state index is 0.377. The highest BCUT2D eigenvalue weighted by molar-refractivity contribution is 5.44. The molecule has 0 aromatic heterocycles. The van der Waals surface area contributed by atoms with Gasteiger partial charge in [0.05, 0.1) is 13.7 Å². The Labute approximate surface area is 140 Å². The van der Waals surface area contributed by atoms with Gasteiger partial charge in [-0.2, -0.15) is 0 Å². The standard InChI is InChI=1S/C18H31N3O2/c1-5-12-23-18-13-15(6-7-17(18)22-4)16(14-20(2)3)21-10-8-19-9-11-21/h6-7,13,16,19H,5,8-12,14H2,1-4H3. The van der Waals surface area contributed by atoms with Crippen molar-refractivity contribution in [1.29, 1.82) is 0 Å². The first-order chi connectivity index (χ1) is 11.2. The molecule has 1 heterocycles. The van der Waals surface area contributed by atoms with E-state index in [9.17, 15) is 0 Å². The Balaban J connectivity index is 2.25. The largest absolute Gasteiger partial charge is 0.493 e. The summed E-state index contributed by atoms with van der Waals surface area (Å²) >= 11 is 0. The number of piperazine rings is 1. The maximum Gasteiger partial charge on any atom is 0.161 e. The molecule has 0 aliphatic carbocycles. The molecule has 5 nitrogen and oxygen atoms in total. The van der Waals surface area contributed by atoms with Gasteiger partial charge < -0.3 is 19.7 Å². The van der Waals surface area contributed by atoms with Crippen molar-refractivity contribution in [3.63, 3.8) is 0 Å². The van der Waals surface area contributed by atoms with Gasteiger partial charge in [-0.3, -0.25) is 4.90 Å². The number of nitrogens with one attached hydrogen (secondary N) is 1. The van der Waals surface area contributed by atoms with Crippen molar-refractivity contribution in [2.24, 2.45) is 0 Å². The van der Waals surface area contributed by atoms with Crippen LogP contribution in [0.25, 0.3) is 0 Å². The van der Waals surface area contributed by atoms with Crippen LogP contribution in [0.3, 0.4) is 0 Å². The molecular formula is C18H31N3O2. The monoisotopic (exact) mass is 321 g/mol. The molecule has 130 valence electrons. The molecule has 1 atom stereocenters. The summed E-state index contributed by atoms with van der Waals surface area (Å²) in [5.74, 6) is 1.66. The molecule has 1 aromatic carbocycles. The normalized spacial score (nSPS) is 17.3. The summed E-state index contributed by atoms with van der Waals surface area (Å²) in [6.45, 7) is 8.10. The van der Waals surface area contributed by atoms with E-state index in [1.54, 1.807) is 7.11 Å². The van der Waals surface area contributed by atoms with Gasteiger partial charge in [-0.05, 0) is 38.2 Å². The zero-order valence-corrected chi connectivity index (χ0v) is 15.0. The van der Waals surface area contributed by atoms with Crippen LogP contribution in [-0.4, -0.2) is 70.3 Å². The summed E-state index contributed by atoms with van der Waals surface area (Å²) in [5.41, 5.74) is 1.30. The molecule has 0 amide bonds. The van der Waals surface area contributed by atoms with Gasteiger partial charge in [0, 0.05) is 38.8 Å². The number of likely N-dealkylation sites (N-methyl/N-ethyl adjacent to an activating group) is 1. The van der Waals surface area contributed by atoms with E-state index in [2.05, 4.69) is 48.3 Å². The molecule has 0 radical (unpaired) electrons. The predicted molar refractivity (Wildman–Crippen MR) is 94.5 cm³/mol. The van der Waals surface area contributed by atoms with Gasteiger partial charge in [0.2, 0.25) is 0 Å². The Morgan fingerprint density at radius 2 is 1.96 bits per heavy atom. The minimum atomic E-state index is 0.377. The van der Waals surface area contributed by atoms with Crippen LogP contribution in [0.15, 0.2) is 18.2 Å². The fourth-order valence-electron chi connectivity index (χ4n) is 3.00. The molecule has 1 unspecified atom stereocenters. The molecule has 1 aromatic rings. The molecule has 23 heavy (non-hydrogen) atoms. The number of methoxy groups -OCH3 is 1. The van der Waals surface area contributed by atoms with Gasteiger partial charge in [-0.25, -0.2) is 0 Å². The van der Waals surface area contributed by atoms with E-state index in [0.717, 1.165) is 50.6 Å². The molecular weight excluding hydrogens is 290 g/mol. The fourth-order valence-corrected chi connectivity index (χ4v) is 3.00. The average molecular weight is 321 g/mol. The summed E-state index contributed by atoms with van der Waals surface area (Å²) in [4.78, 5) is 4.81. The Kier molecular flexibility index (Phi) is 7.15. The lowest BCUT2D eigenvalue weighted by Crippen LogP contribution is -2.47. The van der Waals surface area contributed by atoms with E-state index in [1.807, 2.05) is 6.07 Å². The second-order valence-electron chi connectivity index (χ2n) is 6.32. The molecule has 0 bridgehead atoms. The summed E-state index contributed by atoms with van der Waals surface area (Å²) in [5, 5.41) is 3.43. The summed E-state index contributed by atoms with van der Waals surface area (Å²) in [6, 6.07) is 6.74. The minimum Gasteiger partial charge on any atom is -0.493 e. The maximum absolute atomic E-state index is 5.89. The van der Waals surface area contributed by atoms with Gasteiger partial charge >= 0.3 is 0 Å². The Morgan fingerprint density at radius 3 is 2.57 bits per heavy atom. The maximum atomic E-state index is 5.89. The van der Waals surface area contributed by atoms with Crippen LogP contribution < -0.4 is 14.8 Å². The Bertz CT molecular complexity index is 473. The molecule has 1 N–H and O–H groups in total. The fraction of sp³-hybridized carbons (Fsp3) is 0.667. The molecule has 1 aliphatic heterocycles. The van der Waals surface area contributed by atoms with Crippen molar-refractivity contribution in [3.8, 4) is 11.5 Å². The van der Waals surface area contributed by atoms with Crippen molar-refractivity contribution in [2.75, 3.05) is 60.5 Å². The number of hydrogen-bond acceptors (Lipinski definition) is 5. The van der Waals surface area contributed by atoms with Crippen LogP contribution in [0.2, 0.25) is 0 Å². The van der Waals surface area contributed by atoms with E-state index >= 15 is 0 Å². The number of nitrogens with zero attached hydrogens (tertiary/aromatic N) is 2. The quantitative estimate of drug-likeness (QED) is 0.792. The van der Waals surface area contributed by atoms with Crippen LogP contribution in [0, 0.1) is 0 Å². The highest BCUT2D eigenvalue weighted by Gasteiger charge is 2.23. The molecule has 1 saturated heterocycles. The highest BCUT2D eigenvalue weighted by atomic mass is 16.5. The van der Waals surface area contributed by atoms with Crippen LogP contribution >= 0.6 is 0 Å². The number of ether oxygens (including phenoxy) is 2. The van der Waals surface area contributed by atoms with Crippen LogP contribution in [0.4, 0.5) is 0 Å². The lowest BCUT2D eigenvalue weighted by molar-refractivity contribution is 0.144. The Hall–Kier alpha value is -1.30. The van der Waals surface area contributed by atoms with Crippen molar-refractivity contribution < 1.29 is 9.47 Å². The number of hydrogen-bond donors (Lipinski definition) is 1. The molecule has 0 saturated carbocycles. The van der Waals surface area contributed by atoms with Crippen LogP contribution in [-0.2, 0) is 0 Å². The first kappa shape index (κ1) is 18.0. The van der Waals surface area contributed by atoms with E-state index < -0.39 is 0 Å². The average Bonchev–Trinajstić information content (AvgIpc) is 2.58. The topological polar surface area (TPSA) is 37.0 Å². The predicted octanol–water partition coefficient (Wildman–Crippen LogP) is 1.99. The van der Waals surface area contributed by atoms with E-state index in [0.29, 0.717) is 12.6 Å². The van der Waals surface area contributed by atoms with E-state index in [1.165, 1.54) is 5.56 Å². The lowest BCUT2D eigenvalue weighted by Gasteiger charge is -2.36. The van der Waals surface area contributed by atoms with Crippen LogP contribution in [0.5, 0.6) is 11.5 Å². The van der Waals surface area contributed by atoms with Crippen molar-refractivity contribution in [3.05, 3.63) is 23.8 Å². The summed E-state index contributed by atoms with van der Waals surface area (Å²) in [6.07, 6.45) is 0.992. The third-order valence-electron chi connectivity index (χ3n) is 4.16. The van der Waals surface area contributed by atoms with Crippen LogP contribution in [0.1, 0.15) is 24.9 Å². The van der Waals surface area contributed by atoms with Gasteiger partial charge in [-0.1, -0.05) is 13.0 Å². The SMILES string of the molecule is CCCOc1cc(C(CN(C)C)N2CCNCC2)ccc1OC. The van der Waals surface area contributed by atoms with E-state index in [4.69, 9.17) is 9.47 Å². The second kappa shape index (κ2) is 9.11. The number of rotatable bonds is 8.